The van der Waals surface area contributed by atoms with Crippen molar-refractivity contribution in [3.05, 3.63) is 24.3 Å². The molecule has 1 aromatic heterocycles. The monoisotopic (exact) mass is 248 g/mol. The number of hydrogen-bond donors (Lipinski definition) is 1. The highest BCUT2D eigenvalue weighted by molar-refractivity contribution is 4.89. The van der Waals surface area contributed by atoms with Crippen molar-refractivity contribution >= 4 is 0 Å². The second-order valence-electron chi connectivity index (χ2n) is 5.40. The summed E-state index contributed by atoms with van der Waals surface area (Å²) in [6, 6.07) is 2.41. The second-order valence-corrected chi connectivity index (χ2v) is 5.40. The van der Waals surface area contributed by atoms with Crippen molar-refractivity contribution in [1.82, 2.24) is 20.2 Å². The Bertz CT molecular complexity index is 333. The molecule has 1 aliphatic rings. The molecule has 1 N–H and O–H groups in total. The molecule has 1 unspecified atom stereocenters. The van der Waals surface area contributed by atoms with Gasteiger partial charge in [0.1, 0.15) is 5.82 Å². The minimum Gasteiger partial charge on any atom is -0.316 e. The Morgan fingerprint density at radius 3 is 2.78 bits per heavy atom. The summed E-state index contributed by atoms with van der Waals surface area (Å²) in [6.07, 6.45) is 6.29. The molecule has 1 saturated heterocycles. The molecule has 1 aromatic rings. The first-order valence-corrected chi connectivity index (χ1v) is 6.96. The fraction of sp³-hybridized carbons (Fsp3) is 0.714. The van der Waals surface area contributed by atoms with Crippen LogP contribution in [0.4, 0.5) is 0 Å². The number of aromatic nitrogens is 2. The van der Waals surface area contributed by atoms with Crippen molar-refractivity contribution in [2.75, 3.05) is 19.6 Å². The molecule has 0 aliphatic carbocycles. The lowest BCUT2D eigenvalue weighted by molar-refractivity contribution is 0.160. The topological polar surface area (TPSA) is 41.1 Å². The van der Waals surface area contributed by atoms with Crippen LogP contribution in [0.2, 0.25) is 0 Å². The van der Waals surface area contributed by atoms with Crippen LogP contribution in [0, 0.1) is 5.92 Å². The van der Waals surface area contributed by atoms with Crippen molar-refractivity contribution in [3.8, 4) is 0 Å². The van der Waals surface area contributed by atoms with Gasteiger partial charge < -0.3 is 5.32 Å². The van der Waals surface area contributed by atoms with Gasteiger partial charge in [-0.25, -0.2) is 9.97 Å². The summed E-state index contributed by atoms with van der Waals surface area (Å²) in [5, 5.41) is 3.49. The van der Waals surface area contributed by atoms with E-state index in [-0.39, 0.29) is 0 Å². The zero-order valence-electron chi connectivity index (χ0n) is 11.5. The highest BCUT2D eigenvalue weighted by Gasteiger charge is 2.19. The first-order valence-electron chi connectivity index (χ1n) is 6.96. The Morgan fingerprint density at radius 2 is 2.17 bits per heavy atom. The van der Waals surface area contributed by atoms with Crippen molar-refractivity contribution in [2.24, 2.45) is 5.92 Å². The van der Waals surface area contributed by atoms with Crippen LogP contribution in [0.3, 0.4) is 0 Å². The van der Waals surface area contributed by atoms with Crippen LogP contribution in [0.5, 0.6) is 0 Å². The maximum absolute atomic E-state index is 4.33. The zero-order chi connectivity index (χ0) is 12.8. The third kappa shape index (κ3) is 4.03. The van der Waals surface area contributed by atoms with Gasteiger partial charge in [-0.05, 0) is 51.8 Å². The lowest BCUT2D eigenvalue weighted by Gasteiger charge is -2.32. The first-order chi connectivity index (χ1) is 8.75. The standard InChI is InChI=1S/C14H24N4/c1-12(2)18(10-13-5-3-6-15-9-13)11-14-16-7-4-8-17-14/h4,7-8,12-13,15H,3,5-6,9-11H2,1-2H3. The lowest BCUT2D eigenvalue weighted by atomic mass is 9.98. The summed E-state index contributed by atoms with van der Waals surface area (Å²) >= 11 is 0. The van der Waals surface area contributed by atoms with Crippen LogP contribution in [-0.2, 0) is 6.54 Å². The van der Waals surface area contributed by atoms with Crippen molar-refractivity contribution in [1.29, 1.82) is 0 Å². The van der Waals surface area contributed by atoms with Crippen molar-refractivity contribution in [2.45, 2.75) is 39.3 Å². The van der Waals surface area contributed by atoms with E-state index in [0.717, 1.165) is 31.4 Å². The molecule has 0 aromatic carbocycles. The molecule has 0 radical (unpaired) electrons. The third-order valence-corrected chi connectivity index (χ3v) is 3.59. The van der Waals surface area contributed by atoms with E-state index < -0.39 is 0 Å². The van der Waals surface area contributed by atoms with E-state index in [1.807, 2.05) is 18.5 Å². The lowest BCUT2D eigenvalue weighted by Crippen LogP contribution is -2.41. The predicted molar refractivity (Wildman–Crippen MR) is 73.2 cm³/mol. The van der Waals surface area contributed by atoms with Gasteiger partial charge in [0.2, 0.25) is 0 Å². The molecule has 1 atom stereocenters. The van der Waals surface area contributed by atoms with E-state index >= 15 is 0 Å². The molecular weight excluding hydrogens is 224 g/mol. The fourth-order valence-electron chi connectivity index (χ4n) is 2.46. The van der Waals surface area contributed by atoms with Crippen LogP contribution >= 0.6 is 0 Å². The Morgan fingerprint density at radius 1 is 1.39 bits per heavy atom. The van der Waals surface area contributed by atoms with Gasteiger partial charge in [0.25, 0.3) is 0 Å². The predicted octanol–water partition coefficient (Wildman–Crippen LogP) is 1.69. The van der Waals surface area contributed by atoms with E-state index in [1.54, 1.807) is 0 Å². The van der Waals surface area contributed by atoms with Crippen LogP contribution in [0.15, 0.2) is 18.5 Å². The van der Waals surface area contributed by atoms with E-state index in [4.69, 9.17) is 0 Å². The molecule has 1 aliphatic heterocycles. The minimum absolute atomic E-state index is 0.538. The quantitative estimate of drug-likeness (QED) is 0.861. The summed E-state index contributed by atoms with van der Waals surface area (Å²) in [7, 11) is 0. The summed E-state index contributed by atoms with van der Waals surface area (Å²) in [5.74, 6) is 1.69. The maximum Gasteiger partial charge on any atom is 0.142 e. The number of hydrogen-bond acceptors (Lipinski definition) is 4. The van der Waals surface area contributed by atoms with Gasteiger partial charge in [0.05, 0.1) is 6.54 Å². The molecular formula is C14H24N4. The molecule has 4 nitrogen and oxygen atoms in total. The molecule has 1 fully saturated rings. The van der Waals surface area contributed by atoms with Crippen molar-refractivity contribution in [3.63, 3.8) is 0 Å². The van der Waals surface area contributed by atoms with Gasteiger partial charge in [-0.3, -0.25) is 4.90 Å². The smallest absolute Gasteiger partial charge is 0.142 e. The molecule has 2 heterocycles. The molecule has 0 amide bonds. The minimum atomic E-state index is 0.538. The molecule has 18 heavy (non-hydrogen) atoms. The van der Waals surface area contributed by atoms with E-state index in [0.29, 0.717) is 6.04 Å². The van der Waals surface area contributed by atoms with E-state index in [9.17, 15) is 0 Å². The number of nitrogens with one attached hydrogen (secondary N) is 1. The first kappa shape index (κ1) is 13.4. The van der Waals surface area contributed by atoms with Gasteiger partial charge in [-0.1, -0.05) is 0 Å². The molecule has 100 valence electrons. The summed E-state index contributed by atoms with van der Waals surface area (Å²) in [5.41, 5.74) is 0. The molecule has 0 spiro atoms. The SMILES string of the molecule is CC(C)N(Cc1ncccn1)CC1CCCNC1. The highest BCUT2D eigenvalue weighted by atomic mass is 15.2. The summed E-state index contributed by atoms with van der Waals surface area (Å²) in [4.78, 5) is 11.1. The van der Waals surface area contributed by atoms with E-state index in [1.165, 1.54) is 19.4 Å². The van der Waals surface area contributed by atoms with Crippen LogP contribution in [0.1, 0.15) is 32.5 Å². The molecule has 0 saturated carbocycles. The van der Waals surface area contributed by atoms with Gasteiger partial charge in [-0.15, -0.1) is 0 Å². The molecule has 0 bridgehead atoms. The fourth-order valence-corrected chi connectivity index (χ4v) is 2.46. The largest absolute Gasteiger partial charge is 0.316 e. The average Bonchev–Trinajstić information content (AvgIpc) is 2.40. The summed E-state index contributed by atoms with van der Waals surface area (Å²) in [6.45, 7) is 8.83. The summed E-state index contributed by atoms with van der Waals surface area (Å²) < 4.78 is 0. The molecule has 2 rings (SSSR count). The maximum atomic E-state index is 4.33. The van der Waals surface area contributed by atoms with Crippen LogP contribution in [-0.4, -0.2) is 40.5 Å². The molecule has 4 heteroatoms. The number of rotatable bonds is 5. The number of piperidine rings is 1. The Kier molecular flexibility index (Phi) is 5.08. The van der Waals surface area contributed by atoms with Gasteiger partial charge in [-0.2, -0.15) is 0 Å². The average molecular weight is 248 g/mol. The van der Waals surface area contributed by atoms with Gasteiger partial charge in [0.15, 0.2) is 0 Å². The second kappa shape index (κ2) is 6.81. The van der Waals surface area contributed by atoms with Crippen LogP contribution in [0.25, 0.3) is 0 Å². The Balaban J connectivity index is 1.91. The number of nitrogens with zero attached hydrogens (tertiary/aromatic N) is 3. The van der Waals surface area contributed by atoms with Crippen LogP contribution < -0.4 is 5.32 Å². The normalized spacial score (nSPS) is 20.6. The third-order valence-electron chi connectivity index (χ3n) is 3.59. The van der Waals surface area contributed by atoms with Gasteiger partial charge >= 0.3 is 0 Å². The Labute approximate surface area is 110 Å². The Hall–Kier alpha value is -1.00. The van der Waals surface area contributed by atoms with E-state index in [2.05, 4.69) is 34.0 Å². The zero-order valence-corrected chi connectivity index (χ0v) is 11.5. The highest BCUT2D eigenvalue weighted by Crippen LogP contribution is 2.14. The van der Waals surface area contributed by atoms with Gasteiger partial charge in [0, 0.05) is 25.0 Å². The van der Waals surface area contributed by atoms with Crippen molar-refractivity contribution < 1.29 is 0 Å².